The van der Waals surface area contributed by atoms with E-state index in [4.69, 9.17) is 5.73 Å². The number of hydrogen-bond acceptors (Lipinski definition) is 2. The number of nitrogens with two attached hydrogens (primary N) is 1. The zero-order valence-electron chi connectivity index (χ0n) is 12.0. The predicted molar refractivity (Wildman–Crippen MR) is 82.6 cm³/mol. The second-order valence-corrected chi connectivity index (χ2v) is 5.84. The van der Waals surface area contributed by atoms with E-state index in [0.717, 1.165) is 12.1 Å². The Balaban J connectivity index is 1.81. The number of benzene rings is 1. The van der Waals surface area contributed by atoms with E-state index in [1.54, 1.807) is 0 Å². The second-order valence-electron chi connectivity index (χ2n) is 5.84. The fraction of sp³-hybridized carbons (Fsp3) is 0.389. The Bertz CT molecular complexity index is 591. The van der Waals surface area contributed by atoms with Gasteiger partial charge in [-0.25, -0.2) is 0 Å². The largest absolute Gasteiger partial charge is 0.323 e. The summed E-state index contributed by atoms with van der Waals surface area (Å²) in [5.74, 6) is 0.580. The molecule has 2 nitrogen and oxygen atoms in total. The molecule has 0 saturated heterocycles. The summed E-state index contributed by atoms with van der Waals surface area (Å²) in [6, 6.07) is 12.9. The van der Waals surface area contributed by atoms with Gasteiger partial charge < -0.3 is 5.73 Å². The van der Waals surface area contributed by atoms with Crippen LogP contribution in [0.25, 0.3) is 0 Å². The van der Waals surface area contributed by atoms with Gasteiger partial charge >= 0.3 is 0 Å². The molecule has 3 rings (SSSR count). The summed E-state index contributed by atoms with van der Waals surface area (Å²) in [5.41, 5.74) is 11.7. The molecule has 2 N–H and O–H groups in total. The molecule has 0 spiro atoms. The molecule has 1 aliphatic rings. The van der Waals surface area contributed by atoms with E-state index in [1.807, 2.05) is 12.3 Å². The first-order valence-corrected chi connectivity index (χ1v) is 7.50. The normalized spacial score (nSPS) is 19.4. The standard InChI is InChI=1S/C18H22N2/c1-13-6-5-11-20-18(13)17(19)12-15-9-4-8-14-7-2-3-10-16(14)15/h2-3,5-7,10-11,15,17H,4,8-9,12,19H2,1H3. The maximum Gasteiger partial charge on any atom is 0.0600 e. The quantitative estimate of drug-likeness (QED) is 0.915. The zero-order valence-corrected chi connectivity index (χ0v) is 12.0. The maximum absolute atomic E-state index is 6.42. The third kappa shape index (κ3) is 2.61. The van der Waals surface area contributed by atoms with Crippen LogP contribution in [0.5, 0.6) is 0 Å². The molecule has 0 saturated carbocycles. The van der Waals surface area contributed by atoms with Crippen molar-refractivity contribution >= 4 is 0 Å². The van der Waals surface area contributed by atoms with E-state index in [2.05, 4.69) is 42.2 Å². The Morgan fingerprint density at radius 3 is 2.95 bits per heavy atom. The van der Waals surface area contributed by atoms with E-state index in [9.17, 15) is 0 Å². The molecule has 0 aliphatic heterocycles. The van der Waals surface area contributed by atoms with Crippen LogP contribution in [0.2, 0.25) is 0 Å². The highest BCUT2D eigenvalue weighted by Crippen LogP contribution is 2.37. The average molecular weight is 266 g/mol. The molecule has 0 bridgehead atoms. The number of aryl methyl sites for hydroxylation is 2. The van der Waals surface area contributed by atoms with E-state index in [-0.39, 0.29) is 6.04 Å². The molecule has 1 aromatic heterocycles. The van der Waals surface area contributed by atoms with Crippen LogP contribution >= 0.6 is 0 Å². The minimum Gasteiger partial charge on any atom is -0.323 e. The van der Waals surface area contributed by atoms with Crippen LogP contribution in [0.1, 0.15) is 53.6 Å². The fourth-order valence-electron chi connectivity index (χ4n) is 3.40. The lowest BCUT2D eigenvalue weighted by Crippen LogP contribution is -2.19. The van der Waals surface area contributed by atoms with E-state index >= 15 is 0 Å². The fourth-order valence-corrected chi connectivity index (χ4v) is 3.40. The molecular weight excluding hydrogens is 244 g/mol. The highest BCUT2D eigenvalue weighted by molar-refractivity contribution is 5.33. The van der Waals surface area contributed by atoms with Gasteiger partial charge in [0.25, 0.3) is 0 Å². The summed E-state index contributed by atoms with van der Waals surface area (Å²) in [4.78, 5) is 4.47. The van der Waals surface area contributed by atoms with Crippen molar-refractivity contribution in [1.82, 2.24) is 4.98 Å². The number of nitrogens with zero attached hydrogens (tertiary/aromatic N) is 1. The summed E-state index contributed by atoms with van der Waals surface area (Å²) >= 11 is 0. The molecule has 1 aromatic carbocycles. The number of rotatable bonds is 3. The summed E-state index contributed by atoms with van der Waals surface area (Å²) in [7, 11) is 0. The molecule has 1 heterocycles. The van der Waals surface area contributed by atoms with Crippen LogP contribution in [-0.2, 0) is 6.42 Å². The van der Waals surface area contributed by atoms with Crippen LogP contribution in [-0.4, -0.2) is 4.98 Å². The summed E-state index contributed by atoms with van der Waals surface area (Å²) in [6.07, 6.45) is 6.57. The molecule has 2 aromatic rings. The zero-order chi connectivity index (χ0) is 13.9. The van der Waals surface area contributed by atoms with E-state index in [1.165, 1.54) is 36.0 Å². The Kier molecular flexibility index (Phi) is 3.83. The summed E-state index contributed by atoms with van der Waals surface area (Å²) in [6.45, 7) is 2.09. The molecule has 2 unspecified atom stereocenters. The van der Waals surface area contributed by atoms with Crippen molar-refractivity contribution in [3.63, 3.8) is 0 Å². The van der Waals surface area contributed by atoms with Gasteiger partial charge in [0.1, 0.15) is 0 Å². The van der Waals surface area contributed by atoms with Gasteiger partial charge in [-0.1, -0.05) is 30.3 Å². The minimum absolute atomic E-state index is 0.0346. The van der Waals surface area contributed by atoms with Crippen molar-refractivity contribution in [2.24, 2.45) is 5.73 Å². The Morgan fingerprint density at radius 1 is 1.25 bits per heavy atom. The van der Waals surface area contributed by atoms with Gasteiger partial charge in [-0.15, -0.1) is 0 Å². The van der Waals surface area contributed by atoms with Crippen molar-refractivity contribution < 1.29 is 0 Å². The SMILES string of the molecule is Cc1cccnc1C(N)CC1CCCc2ccccc21. The second kappa shape index (κ2) is 5.76. The molecule has 20 heavy (non-hydrogen) atoms. The number of fused-ring (bicyclic) bond motifs is 1. The first-order valence-electron chi connectivity index (χ1n) is 7.50. The van der Waals surface area contributed by atoms with Gasteiger partial charge in [0.15, 0.2) is 0 Å². The average Bonchev–Trinajstić information content (AvgIpc) is 2.48. The molecule has 0 amide bonds. The lowest BCUT2D eigenvalue weighted by Gasteiger charge is -2.28. The molecule has 0 fully saturated rings. The topological polar surface area (TPSA) is 38.9 Å². The first-order chi connectivity index (χ1) is 9.75. The minimum atomic E-state index is 0.0346. The molecular formula is C18H22N2. The van der Waals surface area contributed by atoms with Crippen LogP contribution in [0.3, 0.4) is 0 Å². The monoisotopic (exact) mass is 266 g/mol. The van der Waals surface area contributed by atoms with Crippen molar-refractivity contribution in [3.05, 3.63) is 65.0 Å². The Morgan fingerprint density at radius 2 is 2.10 bits per heavy atom. The van der Waals surface area contributed by atoms with Gasteiger partial charge in [-0.2, -0.15) is 0 Å². The van der Waals surface area contributed by atoms with E-state index < -0.39 is 0 Å². The third-order valence-electron chi connectivity index (χ3n) is 4.43. The number of pyridine rings is 1. The predicted octanol–water partition coefficient (Wildman–Crippen LogP) is 3.90. The Hall–Kier alpha value is -1.67. The highest BCUT2D eigenvalue weighted by atomic mass is 14.8. The molecule has 0 radical (unpaired) electrons. The first kappa shape index (κ1) is 13.3. The van der Waals surface area contributed by atoms with Crippen molar-refractivity contribution in [2.45, 2.75) is 44.6 Å². The van der Waals surface area contributed by atoms with Crippen molar-refractivity contribution in [2.75, 3.05) is 0 Å². The van der Waals surface area contributed by atoms with Gasteiger partial charge in [0.05, 0.1) is 5.69 Å². The number of hydrogen-bond donors (Lipinski definition) is 1. The van der Waals surface area contributed by atoms with E-state index in [0.29, 0.717) is 5.92 Å². The van der Waals surface area contributed by atoms with Gasteiger partial charge in [0.2, 0.25) is 0 Å². The van der Waals surface area contributed by atoms with Crippen LogP contribution < -0.4 is 5.73 Å². The van der Waals surface area contributed by atoms with Crippen LogP contribution in [0, 0.1) is 6.92 Å². The van der Waals surface area contributed by atoms with Crippen LogP contribution in [0.4, 0.5) is 0 Å². The van der Waals surface area contributed by atoms with Gasteiger partial charge in [-0.3, -0.25) is 4.98 Å². The Labute approximate surface area is 121 Å². The van der Waals surface area contributed by atoms with Gasteiger partial charge in [-0.05, 0) is 61.3 Å². The lowest BCUT2D eigenvalue weighted by atomic mass is 9.79. The molecule has 2 heteroatoms. The molecule has 2 atom stereocenters. The number of aromatic nitrogens is 1. The molecule has 1 aliphatic carbocycles. The van der Waals surface area contributed by atoms with Gasteiger partial charge in [0, 0.05) is 12.2 Å². The highest BCUT2D eigenvalue weighted by Gasteiger charge is 2.23. The van der Waals surface area contributed by atoms with Crippen molar-refractivity contribution in [1.29, 1.82) is 0 Å². The van der Waals surface area contributed by atoms with Crippen LogP contribution in [0.15, 0.2) is 42.6 Å². The van der Waals surface area contributed by atoms with Crippen molar-refractivity contribution in [3.8, 4) is 0 Å². The third-order valence-corrected chi connectivity index (χ3v) is 4.43. The maximum atomic E-state index is 6.42. The lowest BCUT2D eigenvalue weighted by molar-refractivity contribution is 0.470. The molecule has 104 valence electrons. The smallest absolute Gasteiger partial charge is 0.0600 e. The summed E-state index contributed by atoms with van der Waals surface area (Å²) < 4.78 is 0. The summed E-state index contributed by atoms with van der Waals surface area (Å²) in [5, 5.41) is 0.